The summed E-state index contributed by atoms with van der Waals surface area (Å²) in [5, 5.41) is 0. The van der Waals surface area contributed by atoms with Gasteiger partial charge in [-0.15, -0.1) is 0 Å². The molecule has 0 N–H and O–H groups in total. The molecule has 1 aromatic rings. The minimum absolute atomic E-state index is 0.232. The van der Waals surface area contributed by atoms with E-state index in [0.717, 1.165) is 25.2 Å². The zero-order chi connectivity index (χ0) is 15.9. The van der Waals surface area contributed by atoms with Gasteiger partial charge in [-0.2, -0.15) is 0 Å². The summed E-state index contributed by atoms with van der Waals surface area (Å²) in [7, 11) is 0. The Morgan fingerprint density at radius 3 is 2.05 bits per heavy atom. The van der Waals surface area contributed by atoms with Crippen molar-refractivity contribution >= 4 is 0 Å². The molecule has 1 rings (SSSR count). The number of para-hydroxylation sites is 1. The summed E-state index contributed by atoms with van der Waals surface area (Å²) in [5.41, 5.74) is 0.954. The molecular weight excluding hydrogens is 260 g/mol. The van der Waals surface area contributed by atoms with E-state index in [-0.39, 0.29) is 5.60 Å². The molecule has 0 unspecified atom stereocenters. The summed E-state index contributed by atoms with van der Waals surface area (Å²) >= 11 is 0. The van der Waals surface area contributed by atoms with E-state index in [4.69, 9.17) is 9.47 Å². The van der Waals surface area contributed by atoms with E-state index in [1.165, 1.54) is 5.56 Å². The second-order valence-corrected chi connectivity index (χ2v) is 6.88. The van der Waals surface area contributed by atoms with Crippen molar-refractivity contribution in [2.45, 2.75) is 60.0 Å². The summed E-state index contributed by atoms with van der Waals surface area (Å²) in [6.45, 7) is 14.5. The Morgan fingerprint density at radius 1 is 1.00 bits per heavy atom. The fraction of sp³-hybridized carbons (Fsp3) is 0.684. The molecule has 0 amide bonds. The van der Waals surface area contributed by atoms with Crippen LogP contribution in [0.15, 0.2) is 24.3 Å². The van der Waals surface area contributed by atoms with Gasteiger partial charge in [0.25, 0.3) is 0 Å². The molecule has 2 heteroatoms. The summed E-state index contributed by atoms with van der Waals surface area (Å²) < 4.78 is 12.3. The molecule has 0 saturated carbocycles. The molecule has 0 aliphatic carbocycles. The molecule has 0 radical (unpaired) electrons. The lowest BCUT2D eigenvalue weighted by molar-refractivity contribution is -0.0496. The molecule has 120 valence electrons. The Morgan fingerprint density at radius 2 is 1.57 bits per heavy atom. The van der Waals surface area contributed by atoms with Gasteiger partial charge in [0.05, 0.1) is 6.61 Å². The highest BCUT2D eigenvalue weighted by Crippen LogP contribution is 2.32. The Bertz CT molecular complexity index is 400. The highest BCUT2D eigenvalue weighted by molar-refractivity contribution is 5.32. The molecule has 0 aliphatic heterocycles. The van der Waals surface area contributed by atoms with E-state index in [9.17, 15) is 0 Å². The zero-order valence-electron chi connectivity index (χ0n) is 14.6. The molecule has 0 aliphatic rings. The minimum atomic E-state index is -0.232. The molecule has 0 fully saturated rings. The predicted molar refractivity (Wildman–Crippen MR) is 89.9 cm³/mol. The van der Waals surface area contributed by atoms with Gasteiger partial charge in [-0.1, -0.05) is 45.9 Å². The standard InChI is InChI=1S/C19H32O2/c1-7-20-14-19(12-15(2)3,13-16(4)5)21-18-11-9-8-10-17(18)6/h8-11,15-16H,7,12-14H2,1-6H3. The van der Waals surface area contributed by atoms with Crippen molar-refractivity contribution in [3.8, 4) is 5.75 Å². The van der Waals surface area contributed by atoms with Gasteiger partial charge in [0, 0.05) is 6.61 Å². The van der Waals surface area contributed by atoms with Crippen LogP contribution in [0.5, 0.6) is 5.75 Å². The van der Waals surface area contributed by atoms with Crippen molar-refractivity contribution in [3.63, 3.8) is 0 Å². The zero-order valence-corrected chi connectivity index (χ0v) is 14.6. The molecular formula is C19H32O2. The van der Waals surface area contributed by atoms with Crippen molar-refractivity contribution in [1.29, 1.82) is 0 Å². The predicted octanol–water partition coefficient (Wildman–Crippen LogP) is 5.24. The maximum Gasteiger partial charge on any atom is 0.133 e. The van der Waals surface area contributed by atoms with Gasteiger partial charge in [0.15, 0.2) is 0 Å². The average molecular weight is 292 g/mol. The number of rotatable bonds is 9. The lowest BCUT2D eigenvalue weighted by Crippen LogP contribution is -2.44. The largest absolute Gasteiger partial charge is 0.485 e. The molecule has 2 nitrogen and oxygen atoms in total. The van der Waals surface area contributed by atoms with Crippen LogP contribution in [0.3, 0.4) is 0 Å². The Hall–Kier alpha value is -1.02. The fourth-order valence-electron chi connectivity index (χ4n) is 2.99. The number of hydrogen-bond acceptors (Lipinski definition) is 2. The molecule has 0 heterocycles. The molecule has 21 heavy (non-hydrogen) atoms. The minimum Gasteiger partial charge on any atom is -0.485 e. The van der Waals surface area contributed by atoms with E-state index >= 15 is 0 Å². The van der Waals surface area contributed by atoms with Crippen LogP contribution >= 0.6 is 0 Å². The van der Waals surface area contributed by atoms with Crippen LogP contribution in [0.4, 0.5) is 0 Å². The van der Waals surface area contributed by atoms with Gasteiger partial charge >= 0.3 is 0 Å². The summed E-state index contributed by atoms with van der Waals surface area (Å²) in [6, 6.07) is 8.26. The monoisotopic (exact) mass is 292 g/mol. The van der Waals surface area contributed by atoms with E-state index in [2.05, 4.69) is 52.8 Å². The first-order chi connectivity index (χ1) is 9.88. The third-order valence-electron chi connectivity index (χ3n) is 3.55. The topological polar surface area (TPSA) is 18.5 Å². The van der Waals surface area contributed by atoms with Gasteiger partial charge in [-0.05, 0) is 50.2 Å². The highest BCUT2D eigenvalue weighted by Gasteiger charge is 2.35. The molecule has 1 aromatic carbocycles. The normalized spacial score (nSPS) is 12.2. The average Bonchev–Trinajstić information content (AvgIpc) is 2.37. The molecule has 0 saturated heterocycles. The lowest BCUT2D eigenvalue weighted by atomic mass is 9.85. The van der Waals surface area contributed by atoms with Crippen LogP contribution in [0.1, 0.15) is 53.0 Å². The molecule has 0 aromatic heterocycles. The van der Waals surface area contributed by atoms with Gasteiger partial charge in [-0.3, -0.25) is 0 Å². The van der Waals surface area contributed by atoms with Gasteiger partial charge < -0.3 is 9.47 Å². The molecule has 0 atom stereocenters. The summed E-state index contributed by atoms with van der Waals surface area (Å²) in [5.74, 6) is 2.14. The third kappa shape index (κ3) is 6.09. The van der Waals surface area contributed by atoms with Gasteiger partial charge in [0.1, 0.15) is 11.4 Å². The number of ether oxygens (including phenoxy) is 2. The number of hydrogen-bond donors (Lipinski definition) is 0. The van der Waals surface area contributed by atoms with Crippen LogP contribution < -0.4 is 4.74 Å². The van der Waals surface area contributed by atoms with Gasteiger partial charge in [0.2, 0.25) is 0 Å². The number of benzene rings is 1. The molecule has 0 bridgehead atoms. The highest BCUT2D eigenvalue weighted by atomic mass is 16.5. The summed E-state index contributed by atoms with van der Waals surface area (Å²) in [4.78, 5) is 0. The SMILES string of the molecule is CCOCC(CC(C)C)(CC(C)C)Oc1ccccc1C. The fourth-order valence-corrected chi connectivity index (χ4v) is 2.99. The van der Waals surface area contributed by atoms with E-state index in [0.29, 0.717) is 18.4 Å². The van der Waals surface area contributed by atoms with E-state index in [1.807, 2.05) is 13.0 Å². The first kappa shape index (κ1) is 18.0. The summed E-state index contributed by atoms with van der Waals surface area (Å²) in [6.07, 6.45) is 2.03. The third-order valence-corrected chi connectivity index (χ3v) is 3.55. The Labute approximate surface area is 130 Å². The van der Waals surface area contributed by atoms with Crippen LogP contribution in [-0.2, 0) is 4.74 Å². The maximum absolute atomic E-state index is 6.53. The van der Waals surface area contributed by atoms with Gasteiger partial charge in [-0.25, -0.2) is 0 Å². The van der Waals surface area contributed by atoms with Crippen molar-refractivity contribution in [2.75, 3.05) is 13.2 Å². The quantitative estimate of drug-likeness (QED) is 0.619. The van der Waals surface area contributed by atoms with Crippen LogP contribution in [-0.4, -0.2) is 18.8 Å². The Kier molecular flexibility index (Phi) is 7.24. The van der Waals surface area contributed by atoms with Crippen LogP contribution in [0.2, 0.25) is 0 Å². The van der Waals surface area contributed by atoms with E-state index < -0.39 is 0 Å². The molecule has 0 spiro atoms. The van der Waals surface area contributed by atoms with Crippen LogP contribution in [0, 0.1) is 18.8 Å². The maximum atomic E-state index is 6.53. The van der Waals surface area contributed by atoms with Crippen molar-refractivity contribution in [2.24, 2.45) is 11.8 Å². The Balaban J connectivity index is 3.04. The number of aryl methyl sites for hydroxylation is 1. The first-order valence-electron chi connectivity index (χ1n) is 8.21. The second kappa shape index (κ2) is 8.43. The van der Waals surface area contributed by atoms with Crippen molar-refractivity contribution < 1.29 is 9.47 Å². The lowest BCUT2D eigenvalue weighted by Gasteiger charge is -2.37. The van der Waals surface area contributed by atoms with Crippen molar-refractivity contribution in [3.05, 3.63) is 29.8 Å². The smallest absolute Gasteiger partial charge is 0.133 e. The van der Waals surface area contributed by atoms with Crippen molar-refractivity contribution in [1.82, 2.24) is 0 Å². The van der Waals surface area contributed by atoms with E-state index in [1.54, 1.807) is 0 Å². The first-order valence-corrected chi connectivity index (χ1v) is 8.21. The van der Waals surface area contributed by atoms with Crippen LogP contribution in [0.25, 0.3) is 0 Å². The second-order valence-electron chi connectivity index (χ2n) is 6.88.